The van der Waals surface area contributed by atoms with Crippen LogP contribution in [0.1, 0.15) is 18.9 Å². The Morgan fingerprint density at radius 3 is 2.71 bits per heavy atom. The SMILES string of the molecule is C[C@H]1C(=O)C(Br)=CO[C@H]1CCc1ccccc1. The molecular formula is C14H15BrO2. The minimum absolute atomic E-state index is 0.0102. The first kappa shape index (κ1) is 12.4. The van der Waals surface area contributed by atoms with Crippen LogP contribution in [-0.4, -0.2) is 11.9 Å². The largest absolute Gasteiger partial charge is 0.496 e. The van der Waals surface area contributed by atoms with Gasteiger partial charge in [-0.3, -0.25) is 4.79 Å². The van der Waals surface area contributed by atoms with Crippen LogP contribution in [-0.2, 0) is 16.0 Å². The molecule has 2 nitrogen and oxygen atoms in total. The van der Waals surface area contributed by atoms with E-state index in [0.29, 0.717) is 4.48 Å². The van der Waals surface area contributed by atoms with Crippen LogP contribution >= 0.6 is 15.9 Å². The van der Waals surface area contributed by atoms with Gasteiger partial charge in [0, 0.05) is 0 Å². The van der Waals surface area contributed by atoms with E-state index in [-0.39, 0.29) is 17.8 Å². The van der Waals surface area contributed by atoms with Crippen molar-refractivity contribution >= 4 is 21.7 Å². The molecule has 17 heavy (non-hydrogen) atoms. The van der Waals surface area contributed by atoms with E-state index >= 15 is 0 Å². The first-order valence-electron chi connectivity index (χ1n) is 5.78. The average molecular weight is 295 g/mol. The molecular weight excluding hydrogens is 280 g/mol. The molecule has 2 atom stereocenters. The summed E-state index contributed by atoms with van der Waals surface area (Å²) in [6, 6.07) is 10.3. The fourth-order valence-electron chi connectivity index (χ4n) is 1.98. The summed E-state index contributed by atoms with van der Waals surface area (Å²) in [6.07, 6.45) is 3.32. The maximum Gasteiger partial charge on any atom is 0.179 e. The molecule has 0 saturated heterocycles. The summed E-state index contributed by atoms with van der Waals surface area (Å²) < 4.78 is 6.11. The Morgan fingerprint density at radius 1 is 1.29 bits per heavy atom. The summed E-state index contributed by atoms with van der Waals surface area (Å²) in [5.74, 6) is 0.0624. The highest BCUT2D eigenvalue weighted by Gasteiger charge is 2.30. The molecule has 0 fully saturated rings. The van der Waals surface area contributed by atoms with Gasteiger partial charge in [-0.25, -0.2) is 0 Å². The number of hydrogen-bond donors (Lipinski definition) is 0. The maximum absolute atomic E-state index is 11.8. The molecule has 1 aromatic carbocycles. The second-order valence-electron chi connectivity index (χ2n) is 4.32. The topological polar surface area (TPSA) is 26.3 Å². The van der Waals surface area contributed by atoms with Gasteiger partial charge in [-0.15, -0.1) is 0 Å². The third-order valence-corrected chi connectivity index (χ3v) is 3.69. The van der Waals surface area contributed by atoms with Gasteiger partial charge in [0.1, 0.15) is 12.4 Å². The van der Waals surface area contributed by atoms with Crippen LogP contribution in [0, 0.1) is 5.92 Å². The lowest BCUT2D eigenvalue weighted by Gasteiger charge is -2.26. The number of ether oxygens (including phenoxy) is 1. The van der Waals surface area contributed by atoms with Crippen molar-refractivity contribution in [3.63, 3.8) is 0 Å². The van der Waals surface area contributed by atoms with E-state index in [1.54, 1.807) is 0 Å². The Balaban J connectivity index is 1.95. The lowest BCUT2D eigenvalue weighted by atomic mass is 9.93. The van der Waals surface area contributed by atoms with Crippen LogP contribution in [0.4, 0.5) is 0 Å². The van der Waals surface area contributed by atoms with Gasteiger partial charge >= 0.3 is 0 Å². The van der Waals surface area contributed by atoms with Crippen molar-refractivity contribution < 1.29 is 9.53 Å². The molecule has 0 radical (unpaired) electrons. The van der Waals surface area contributed by atoms with E-state index in [1.165, 1.54) is 11.8 Å². The van der Waals surface area contributed by atoms with Gasteiger partial charge in [-0.2, -0.15) is 0 Å². The minimum atomic E-state index is -0.0712. The Hall–Kier alpha value is -1.09. The van der Waals surface area contributed by atoms with Crippen molar-refractivity contribution in [2.24, 2.45) is 5.92 Å². The van der Waals surface area contributed by atoms with Gasteiger partial charge in [0.15, 0.2) is 5.78 Å². The molecule has 1 heterocycles. The van der Waals surface area contributed by atoms with E-state index in [9.17, 15) is 4.79 Å². The zero-order valence-electron chi connectivity index (χ0n) is 9.73. The second kappa shape index (κ2) is 5.50. The van der Waals surface area contributed by atoms with Crippen molar-refractivity contribution in [3.05, 3.63) is 46.6 Å². The Labute approximate surface area is 110 Å². The molecule has 1 aromatic rings. The number of carbonyl (C=O) groups excluding carboxylic acids is 1. The molecule has 0 N–H and O–H groups in total. The highest BCUT2D eigenvalue weighted by molar-refractivity contribution is 9.12. The lowest BCUT2D eigenvalue weighted by molar-refractivity contribution is -0.123. The summed E-state index contributed by atoms with van der Waals surface area (Å²) in [5, 5.41) is 0. The molecule has 2 rings (SSSR count). The Kier molecular flexibility index (Phi) is 4.00. The van der Waals surface area contributed by atoms with Gasteiger partial charge in [0.2, 0.25) is 0 Å². The molecule has 0 bridgehead atoms. The molecule has 1 aliphatic rings. The maximum atomic E-state index is 11.8. The van der Waals surface area contributed by atoms with E-state index in [4.69, 9.17) is 4.74 Å². The number of ketones is 1. The van der Waals surface area contributed by atoms with Crippen molar-refractivity contribution in [1.82, 2.24) is 0 Å². The van der Waals surface area contributed by atoms with Gasteiger partial charge in [0.05, 0.1) is 10.4 Å². The fraction of sp³-hybridized carbons (Fsp3) is 0.357. The highest BCUT2D eigenvalue weighted by atomic mass is 79.9. The number of carbonyl (C=O) groups is 1. The number of hydrogen-bond acceptors (Lipinski definition) is 2. The molecule has 0 unspecified atom stereocenters. The highest BCUT2D eigenvalue weighted by Crippen LogP contribution is 2.26. The molecule has 0 saturated carbocycles. The minimum Gasteiger partial charge on any atom is -0.496 e. The molecule has 0 amide bonds. The summed E-state index contributed by atoms with van der Waals surface area (Å²) >= 11 is 3.20. The van der Waals surface area contributed by atoms with Crippen LogP contribution in [0.15, 0.2) is 41.1 Å². The summed E-state index contributed by atoms with van der Waals surface area (Å²) in [7, 11) is 0. The number of rotatable bonds is 3. The predicted octanol–water partition coefficient (Wildman–Crippen LogP) is 3.46. The molecule has 0 aliphatic carbocycles. The number of allylic oxidation sites excluding steroid dienone is 1. The van der Waals surface area contributed by atoms with Gasteiger partial charge in [-0.05, 0) is 34.3 Å². The van der Waals surface area contributed by atoms with Gasteiger partial charge < -0.3 is 4.74 Å². The third-order valence-electron chi connectivity index (χ3n) is 3.11. The summed E-state index contributed by atoms with van der Waals surface area (Å²) in [4.78, 5) is 11.8. The van der Waals surface area contributed by atoms with E-state index in [0.717, 1.165) is 12.8 Å². The Bertz CT molecular complexity index is 425. The van der Waals surface area contributed by atoms with Crippen molar-refractivity contribution in [2.45, 2.75) is 25.9 Å². The quantitative estimate of drug-likeness (QED) is 0.853. The van der Waals surface area contributed by atoms with Crippen LogP contribution in [0.25, 0.3) is 0 Å². The monoisotopic (exact) mass is 294 g/mol. The first-order chi connectivity index (χ1) is 8.18. The number of aryl methyl sites for hydroxylation is 1. The van der Waals surface area contributed by atoms with Crippen LogP contribution in [0.5, 0.6) is 0 Å². The second-order valence-corrected chi connectivity index (χ2v) is 5.17. The molecule has 3 heteroatoms. The summed E-state index contributed by atoms with van der Waals surface area (Å²) in [5.41, 5.74) is 1.28. The summed E-state index contributed by atoms with van der Waals surface area (Å²) in [6.45, 7) is 1.92. The Morgan fingerprint density at radius 2 is 2.00 bits per heavy atom. The van der Waals surface area contributed by atoms with Gasteiger partial charge in [-0.1, -0.05) is 37.3 Å². The first-order valence-corrected chi connectivity index (χ1v) is 6.57. The van der Waals surface area contributed by atoms with Crippen LogP contribution in [0.3, 0.4) is 0 Å². The zero-order chi connectivity index (χ0) is 12.3. The molecule has 90 valence electrons. The van der Waals surface area contributed by atoms with Crippen molar-refractivity contribution in [3.8, 4) is 0 Å². The van der Waals surface area contributed by atoms with E-state index in [2.05, 4.69) is 28.1 Å². The zero-order valence-corrected chi connectivity index (χ0v) is 11.3. The van der Waals surface area contributed by atoms with Crippen molar-refractivity contribution in [1.29, 1.82) is 0 Å². The lowest BCUT2D eigenvalue weighted by Crippen LogP contribution is -2.31. The van der Waals surface area contributed by atoms with Gasteiger partial charge in [0.25, 0.3) is 0 Å². The number of Topliss-reactive ketones (excluding diaryl/α,β-unsaturated/α-hetero) is 1. The fourth-order valence-corrected chi connectivity index (χ4v) is 2.45. The predicted molar refractivity (Wildman–Crippen MR) is 70.8 cm³/mol. The van der Waals surface area contributed by atoms with E-state index < -0.39 is 0 Å². The number of halogens is 1. The molecule has 0 aromatic heterocycles. The molecule has 1 aliphatic heterocycles. The standard InChI is InChI=1S/C14H15BrO2/c1-10-13(17-9-12(15)14(10)16)8-7-11-5-3-2-4-6-11/h2-6,9-10,13H,7-8H2,1H3/t10-,13+/m1/s1. The van der Waals surface area contributed by atoms with Crippen LogP contribution < -0.4 is 0 Å². The van der Waals surface area contributed by atoms with Crippen molar-refractivity contribution in [2.75, 3.05) is 0 Å². The smallest absolute Gasteiger partial charge is 0.179 e. The number of benzene rings is 1. The van der Waals surface area contributed by atoms with Crippen LogP contribution in [0.2, 0.25) is 0 Å². The normalized spacial score (nSPS) is 24.1. The molecule has 0 spiro atoms. The van der Waals surface area contributed by atoms with E-state index in [1.807, 2.05) is 25.1 Å². The third kappa shape index (κ3) is 2.97. The average Bonchev–Trinajstić information content (AvgIpc) is 2.36.